The molecule has 1 heterocycles. The molecule has 0 aromatic carbocycles. The number of aliphatic carboxylic acids is 1. The standard InChI is InChI=1S/C16H24N2O4/c1-10(2)13-9-14(22-18-13)15(19)17-12-8-6-4-3-5-7-11(12)16(20)21/h9-12H,3-8H2,1-2H3,(H,17,19)(H,20,21). The fourth-order valence-corrected chi connectivity index (χ4v) is 2.86. The Morgan fingerprint density at radius 3 is 2.55 bits per heavy atom. The predicted molar refractivity (Wildman–Crippen MR) is 80.7 cm³/mol. The zero-order valence-electron chi connectivity index (χ0n) is 13.2. The molecule has 0 spiro atoms. The Kier molecular flexibility index (Phi) is 5.57. The molecule has 1 fully saturated rings. The minimum Gasteiger partial charge on any atom is -0.481 e. The van der Waals surface area contributed by atoms with Gasteiger partial charge in [0.05, 0.1) is 11.6 Å². The van der Waals surface area contributed by atoms with Crippen LogP contribution in [0.2, 0.25) is 0 Å². The first-order valence-electron chi connectivity index (χ1n) is 7.99. The van der Waals surface area contributed by atoms with Gasteiger partial charge in [0.15, 0.2) is 0 Å². The highest BCUT2D eigenvalue weighted by Crippen LogP contribution is 2.24. The second-order valence-electron chi connectivity index (χ2n) is 6.29. The van der Waals surface area contributed by atoms with Gasteiger partial charge in [-0.2, -0.15) is 0 Å². The second kappa shape index (κ2) is 7.42. The van der Waals surface area contributed by atoms with Gasteiger partial charge in [0.25, 0.3) is 5.91 Å². The molecule has 22 heavy (non-hydrogen) atoms. The van der Waals surface area contributed by atoms with Crippen LogP contribution in [0, 0.1) is 5.92 Å². The summed E-state index contributed by atoms with van der Waals surface area (Å²) in [4.78, 5) is 23.7. The van der Waals surface area contributed by atoms with E-state index in [9.17, 15) is 14.7 Å². The van der Waals surface area contributed by atoms with Crippen LogP contribution in [-0.2, 0) is 4.79 Å². The molecule has 122 valence electrons. The summed E-state index contributed by atoms with van der Waals surface area (Å²) in [7, 11) is 0. The first kappa shape index (κ1) is 16.5. The van der Waals surface area contributed by atoms with Gasteiger partial charge in [-0.1, -0.05) is 44.7 Å². The summed E-state index contributed by atoms with van der Waals surface area (Å²) in [6, 6.07) is 1.27. The Morgan fingerprint density at radius 1 is 1.27 bits per heavy atom. The van der Waals surface area contributed by atoms with Gasteiger partial charge < -0.3 is 14.9 Å². The average Bonchev–Trinajstić information content (AvgIpc) is 2.91. The minimum absolute atomic E-state index is 0.148. The molecule has 2 unspecified atom stereocenters. The summed E-state index contributed by atoms with van der Waals surface area (Å²) in [6.45, 7) is 3.93. The van der Waals surface area contributed by atoms with Crippen molar-refractivity contribution in [1.29, 1.82) is 0 Å². The Morgan fingerprint density at radius 2 is 1.95 bits per heavy atom. The van der Waals surface area contributed by atoms with Crippen LogP contribution in [0.15, 0.2) is 10.6 Å². The number of hydrogen-bond acceptors (Lipinski definition) is 4. The van der Waals surface area contributed by atoms with Gasteiger partial charge in [-0.05, 0) is 18.8 Å². The molecule has 6 nitrogen and oxygen atoms in total. The topological polar surface area (TPSA) is 92.4 Å². The maximum atomic E-state index is 12.3. The molecule has 1 amide bonds. The predicted octanol–water partition coefficient (Wildman–Crippen LogP) is 2.95. The lowest BCUT2D eigenvalue weighted by molar-refractivity contribution is -0.143. The third-order valence-corrected chi connectivity index (χ3v) is 4.24. The van der Waals surface area contributed by atoms with E-state index in [1.54, 1.807) is 6.07 Å². The highest BCUT2D eigenvalue weighted by molar-refractivity contribution is 5.92. The van der Waals surface area contributed by atoms with Crippen LogP contribution in [0.3, 0.4) is 0 Å². The molecular formula is C16H24N2O4. The Balaban J connectivity index is 2.06. The molecule has 0 aliphatic heterocycles. The van der Waals surface area contributed by atoms with Crippen molar-refractivity contribution in [3.8, 4) is 0 Å². The fraction of sp³-hybridized carbons (Fsp3) is 0.688. The number of rotatable bonds is 4. The number of amides is 1. The normalized spacial score (nSPS) is 22.9. The van der Waals surface area contributed by atoms with Crippen LogP contribution >= 0.6 is 0 Å². The van der Waals surface area contributed by atoms with E-state index in [0.717, 1.165) is 31.4 Å². The smallest absolute Gasteiger partial charge is 0.308 e. The van der Waals surface area contributed by atoms with Crippen molar-refractivity contribution >= 4 is 11.9 Å². The van der Waals surface area contributed by atoms with Gasteiger partial charge in [0.1, 0.15) is 0 Å². The molecule has 6 heteroatoms. The largest absolute Gasteiger partial charge is 0.481 e. The van der Waals surface area contributed by atoms with E-state index in [1.807, 2.05) is 13.8 Å². The SMILES string of the molecule is CC(C)c1cc(C(=O)NC2CCCCCCC2C(=O)O)on1. The number of carbonyl (C=O) groups excluding carboxylic acids is 1. The minimum atomic E-state index is -0.840. The van der Waals surface area contributed by atoms with Crippen LogP contribution in [0.5, 0.6) is 0 Å². The average molecular weight is 308 g/mol. The summed E-state index contributed by atoms with van der Waals surface area (Å²) in [5.41, 5.74) is 0.720. The van der Waals surface area contributed by atoms with Crippen LogP contribution in [0.25, 0.3) is 0 Å². The van der Waals surface area contributed by atoms with Gasteiger partial charge in [0.2, 0.25) is 5.76 Å². The van der Waals surface area contributed by atoms with Gasteiger partial charge in [-0.15, -0.1) is 0 Å². The molecule has 0 bridgehead atoms. The van der Waals surface area contributed by atoms with E-state index in [2.05, 4.69) is 10.5 Å². The van der Waals surface area contributed by atoms with E-state index in [0.29, 0.717) is 12.8 Å². The molecule has 1 saturated carbocycles. The number of carboxylic acid groups (broad SMARTS) is 1. The number of hydrogen-bond donors (Lipinski definition) is 2. The van der Waals surface area contributed by atoms with Crippen LogP contribution < -0.4 is 5.32 Å². The first-order valence-corrected chi connectivity index (χ1v) is 7.99. The summed E-state index contributed by atoms with van der Waals surface area (Å²) in [5.74, 6) is -1.42. The number of aromatic nitrogens is 1. The maximum absolute atomic E-state index is 12.3. The molecule has 2 rings (SSSR count). The zero-order valence-corrected chi connectivity index (χ0v) is 13.2. The van der Waals surface area contributed by atoms with Crippen molar-refractivity contribution in [3.05, 3.63) is 17.5 Å². The van der Waals surface area contributed by atoms with Crippen molar-refractivity contribution in [2.75, 3.05) is 0 Å². The quantitative estimate of drug-likeness (QED) is 0.892. The number of carbonyl (C=O) groups is 2. The third-order valence-electron chi connectivity index (χ3n) is 4.24. The molecule has 1 aliphatic rings. The van der Waals surface area contributed by atoms with Gasteiger partial charge in [0, 0.05) is 12.1 Å². The lowest BCUT2D eigenvalue weighted by atomic mass is 9.86. The highest BCUT2D eigenvalue weighted by Gasteiger charge is 2.31. The second-order valence-corrected chi connectivity index (χ2v) is 6.29. The number of nitrogens with zero attached hydrogens (tertiary/aromatic N) is 1. The van der Waals surface area contributed by atoms with Gasteiger partial charge >= 0.3 is 5.97 Å². The molecule has 2 N–H and O–H groups in total. The first-order chi connectivity index (χ1) is 10.5. The Hall–Kier alpha value is -1.85. The van der Waals surface area contributed by atoms with Crippen LogP contribution in [-0.4, -0.2) is 28.2 Å². The van der Waals surface area contributed by atoms with E-state index in [1.165, 1.54) is 0 Å². The summed E-state index contributed by atoms with van der Waals surface area (Å²) >= 11 is 0. The molecule has 2 atom stereocenters. The molecular weight excluding hydrogens is 284 g/mol. The molecule has 1 aromatic rings. The third kappa shape index (κ3) is 4.08. The molecule has 0 radical (unpaired) electrons. The van der Waals surface area contributed by atoms with Gasteiger partial charge in [-0.3, -0.25) is 9.59 Å². The van der Waals surface area contributed by atoms with E-state index >= 15 is 0 Å². The molecule has 1 aromatic heterocycles. The summed E-state index contributed by atoms with van der Waals surface area (Å²) < 4.78 is 5.07. The van der Waals surface area contributed by atoms with Crippen molar-refractivity contribution in [1.82, 2.24) is 10.5 Å². The van der Waals surface area contributed by atoms with Crippen LogP contribution in [0.1, 0.15) is 74.5 Å². The lowest BCUT2D eigenvalue weighted by Crippen LogP contribution is -2.43. The fourth-order valence-electron chi connectivity index (χ4n) is 2.86. The maximum Gasteiger partial charge on any atom is 0.308 e. The van der Waals surface area contributed by atoms with E-state index < -0.39 is 11.9 Å². The highest BCUT2D eigenvalue weighted by atomic mass is 16.5. The number of carboxylic acids is 1. The van der Waals surface area contributed by atoms with E-state index in [4.69, 9.17) is 4.52 Å². The summed E-state index contributed by atoms with van der Waals surface area (Å²) in [6.07, 6.45) is 5.26. The Labute approximate surface area is 130 Å². The lowest BCUT2D eigenvalue weighted by Gasteiger charge is -2.26. The van der Waals surface area contributed by atoms with Crippen molar-refractivity contribution < 1.29 is 19.2 Å². The van der Waals surface area contributed by atoms with E-state index in [-0.39, 0.29) is 23.6 Å². The zero-order chi connectivity index (χ0) is 16.1. The summed E-state index contributed by atoms with van der Waals surface area (Å²) in [5, 5.41) is 16.1. The Bertz CT molecular complexity index is 524. The van der Waals surface area contributed by atoms with Crippen LogP contribution in [0.4, 0.5) is 0 Å². The van der Waals surface area contributed by atoms with Crippen molar-refractivity contribution in [2.24, 2.45) is 5.92 Å². The van der Waals surface area contributed by atoms with Crippen molar-refractivity contribution in [3.63, 3.8) is 0 Å². The number of nitrogens with one attached hydrogen (secondary N) is 1. The van der Waals surface area contributed by atoms with Crippen molar-refractivity contribution in [2.45, 2.75) is 64.3 Å². The monoisotopic (exact) mass is 308 g/mol. The molecule has 1 aliphatic carbocycles. The van der Waals surface area contributed by atoms with Gasteiger partial charge in [-0.25, -0.2) is 0 Å². The molecule has 0 saturated heterocycles.